The summed E-state index contributed by atoms with van der Waals surface area (Å²) in [6.45, 7) is 9.49. The van der Waals surface area contributed by atoms with Gasteiger partial charge in [-0.05, 0) is 19.3 Å². The van der Waals surface area contributed by atoms with E-state index in [1.165, 1.54) is 0 Å². The number of amides is 1. The number of carbonyl (C=O) groups excluding carboxylic acids is 1. The van der Waals surface area contributed by atoms with Crippen molar-refractivity contribution >= 4 is 5.91 Å². The molecule has 0 aromatic rings. The predicted molar refractivity (Wildman–Crippen MR) is 66.4 cm³/mol. The minimum absolute atomic E-state index is 0.0586. The Labute approximate surface area is 99.1 Å². The van der Waals surface area contributed by atoms with Gasteiger partial charge in [-0.2, -0.15) is 0 Å². The van der Waals surface area contributed by atoms with Crippen molar-refractivity contribution in [2.75, 3.05) is 20.3 Å². The number of hydrogen-bond donors (Lipinski definition) is 2. The van der Waals surface area contributed by atoms with Crippen molar-refractivity contribution in [3.8, 4) is 0 Å². The third-order valence-electron chi connectivity index (χ3n) is 2.42. The molecule has 0 radical (unpaired) electrons. The SMILES string of the molecule is CCC(COC)NC(C)C(=O)NCC(C)C. The molecule has 2 unspecified atom stereocenters. The number of ether oxygens (including phenoxy) is 1. The third kappa shape index (κ3) is 6.80. The average molecular weight is 230 g/mol. The quantitative estimate of drug-likeness (QED) is 0.658. The number of hydrogen-bond acceptors (Lipinski definition) is 3. The summed E-state index contributed by atoms with van der Waals surface area (Å²) in [5, 5.41) is 6.17. The molecule has 0 fully saturated rings. The zero-order valence-corrected chi connectivity index (χ0v) is 11.2. The molecule has 0 spiro atoms. The first kappa shape index (κ1) is 15.4. The summed E-state index contributed by atoms with van der Waals surface area (Å²) in [7, 11) is 1.67. The molecule has 2 N–H and O–H groups in total. The van der Waals surface area contributed by atoms with E-state index in [4.69, 9.17) is 4.74 Å². The highest BCUT2D eigenvalue weighted by atomic mass is 16.5. The van der Waals surface area contributed by atoms with E-state index in [9.17, 15) is 4.79 Å². The first-order valence-electron chi connectivity index (χ1n) is 6.03. The number of rotatable bonds is 8. The zero-order valence-electron chi connectivity index (χ0n) is 11.2. The first-order valence-corrected chi connectivity index (χ1v) is 6.03. The molecule has 1 amide bonds. The van der Waals surface area contributed by atoms with Gasteiger partial charge in [-0.3, -0.25) is 4.79 Å². The van der Waals surface area contributed by atoms with E-state index in [2.05, 4.69) is 31.4 Å². The van der Waals surface area contributed by atoms with E-state index in [0.717, 1.165) is 13.0 Å². The summed E-state index contributed by atoms with van der Waals surface area (Å²) in [6.07, 6.45) is 0.954. The summed E-state index contributed by atoms with van der Waals surface area (Å²) in [5.74, 6) is 0.542. The highest BCUT2D eigenvalue weighted by molar-refractivity contribution is 5.81. The molecule has 0 saturated heterocycles. The van der Waals surface area contributed by atoms with Crippen LogP contribution in [0.2, 0.25) is 0 Å². The summed E-state index contributed by atoms with van der Waals surface area (Å²) < 4.78 is 5.08. The van der Waals surface area contributed by atoms with Gasteiger partial charge in [-0.1, -0.05) is 20.8 Å². The lowest BCUT2D eigenvalue weighted by atomic mass is 10.2. The average Bonchev–Trinajstić information content (AvgIpc) is 2.24. The summed E-state index contributed by atoms with van der Waals surface area (Å²) in [6, 6.07) is 0.0728. The Balaban J connectivity index is 3.92. The number of carbonyl (C=O) groups is 1. The Morgan fingerprint density at radius 1 is 1.31 bits per heavy atom. The second-order valence-corrected chi connectivity index (χ2v) is 4.59. The van der Waals surface area contributed by atoms with Gasteiger partial charge in [-0.15, -0.1) is 0 Å². The fourth-order valence-electron chi connectivity index (χ4n) is 1.37. The Kier molecular flexibility index (Phi) is 8.21. The molecule has 0 aliphatic heterocycles. The molecule has 2 atom stereocenters. The Bertz CT molecular complexity index is 195. The standard InChI is InChI=1S/C12H26N2O2/c1-6-11(8-16-5)14-10(4)12(15)13-7-9(2)3/h9-11,14H,6-8H2,1-5H3,(H,13,15). The van der Waals surface area contributed by atoms with Gasteiger partial charge in [0.15, 0.2) is 0 Å². The molecule has 0 aromatic heterocycles. The van der Waals surface area contributed by atoms with Crippen molar-refractivity contribution in [2.24, 2.45) is 5.92 Å². The van der Waals surface area contributed by atoms with Crippen LogP contribution >= 0.6 is 0 Å². The molecular formula is C12H26N2O2. The van der Waals surface area contributed by atoms with Crippen molar-refractivity contribution < 1.29 is 9.53 Å². The van der Waals surface area contributed by atoms with Gasteiger partial charge in [0.2, 0.25) is 5.91 Å². The Morgan fingerprint density at radius 2 is 1.94 bits per heavy atom. The topological polar surface area (TPSA) is 50.4 Å². The smallest absolute Gasteiger partial charge is 0.236 e. The lowest BCUT2D eigenvalue weighted by Crippen LogP contribution is -2.48. The minimum atomic E-state index is -0.168. The maximum Gasteiger partial charge on any atom is 0.236 e. The molecule has 96 valence electrons. The molecule has 16 heavy (non-hydrogen) atoms. The van der Waals surface area contributed by atoms with Crippen LogP contribution in [0.5, 0.6) is 0 Å². The fourth-order valence-corrected chi connectivity index (χ4v) is 1.37. The second kappa shape index (κ2) is 8.53. The van der Waals surface area contributed by atoms with Crippen LogP contribution in [0, 0.1) is 5.92 Å². The lowest BCUT2D eigenvalue weighted by Gasteiger charge is -2.21. The molecule has 0 aromatic carbocycles. The van der Waals surface area contributed by atoms with Crippen molar-refractivity contribution in [3.63, 3.8) is 0 Å². The molecule has 0 aliphatic rings. The van der Waals surface area contributed by atoms with Gasteiger partial charge < -0.3 is 15.4 Å². The molecule has 0 saturated carbocycles. The minimum Gasteiger partial charge on any atom is -0.383 e. The maximum atomic E-state index is 11.7. The molecule has 4 nitrogen and oxygen atoms in total. The zero-order chi connectivity index (χ0) is 12.6. The second-order valence-electron chi connectivity index (χ2n) is 4.59. The highest BCUT2D eigenvalue weighted by Gasteiger charge is 2.16. The highest BCUT2D eigenvalue weighted by Crippen LogP contribution is 1.95. The van der Waals surface area contributed by atoms with E-state index >= 15 is 0 Å². The first-order chi connectivity index (χ1) is 7.51. The summed E-state index contributed by atoms with van der Waals surface area (Å²) in [5.41, 5.74) is 0. The molecule has 0 rings (SSSR count). The van der Waals surface area contributed by atoms with E-state index in [0.29, 0.717) is 12.5 Å². The van der Waals surface area contributed by atoms with Crippen LogP contribution in [-0.4, -0.2) is 38.3 Å². The van der Waals surface area contributed by atoms with Crippen molar-refractivity contribution in [3.05, 3.63) is 0 Å². The van der Waals surface area contributed by atoms with Crippen LogP contribution in [0.3, 0.4) is 0 Å². The van der Waals surface area contributed by atoms with Crippen LogP contribution in [0.15, 0.2) is 0 Å². The Morgan fingerprint density at radius 3 is 2.38 bits per heavy atom. The van der Waals surface area contributed by atoms with Gasteiger partial charge in [0.25, 0.3) is 0 Å². The van der Waals surface area contributed by atoms with Crippen molar-refractivity contribution in [1.29, 1.82) is 0 Å². The van der Waals surface area contributed by atoms with Crippen LogP contribution in [-0.2, 0) is 9.53 Å². The van der Waals surface area contributed by atoms with Crippen LogP contribution < -0.4 is 10.6 Å². The van der Waals surface area contributed by atoms with Crippen LogP contribution in [0.25, 0.3) is 0 Å². The predicted octanol–water partition coefficient (Wildman–Crippen LogP) is 1.16. The molecule has 4 heteroatoms. The van der Waals surface area contributed by atoms with Gasteiger partial charge in [0.05, 0.1) is 12.6 Å². The van der Waals surface area contributed by atoms with Gasteiger partial charge >= 0.3 is 0 Å². The van der Waals surface area contributed by atoms with Crippen LogP contribution in [0.4, 0.5) is 0 Å². The number of nitrogens with one attached hydrogen (secondary N) is 2. The molecule has 0 heterocycles. The third-order valence-corrected chi connectivity index (χ3v) is 2.42. The monoisotopic (exact) mass is 230 g/mol. The normalized spacial score (nSPS) is 14.9. The van der Waals surface area contributed by atoms with Gasteiger partial charge in [0.1, 0.15) is 0 Å². The summed E-state index contributed by atoms with van der Waals surface area (Å²) >= 11 is 0. The van der Waals surface area contributed by atoms with Crippen molar-refractivity contribution in [1.82, 2.24) is 10.6 Å². The number of methoxy groups -OCH3 is 1. The largest absolute Gasteiger partial charge is 0.383 e. The Hall–Kier alpha value is -0.610. The van der Waals surface area contributed by atoms with E-state index in [1.54, 1.807) is 7.11 Å². The molecular weight excluding hydrogens is 204 g/mol. The fraction of sp³-hybridized carbons (Fsp3) is 0.917. The van der Waals surface area contributed by atoms with E-state index < -0.39 is 0 Å². The van der Waals surface area contributed by atoms with E-state index in [-0.39, 0.29) is 18.0 Å². The van der Waals surface area contributed by atoms with Crippen LogP contribution in [0.1, 0.15) is 34.1 Å². The van der Waals surface area contributed by atoms with Gasteiger partial charge in [-0.25, -0.2) is 0 Å². The summed E-state index contributed by atoms with van der Waals surface area (Å²) in [4.78, 5) is 11.7. The molecule has 0 aliphatic carbocycles. The molecule has 0 bridgehead atoms. The van der Waals surface area contributed by atoms with Crippen molar-refractivity contribution in [2.45, 2.75) is 46.2 Å². The maximum absolute atomic E-state index is 11.7. The van der Waals surface area contributed by atoms with Gasteiger partial charge in [0, 0.05) is 19.7 Å². The lowest BCUT2D eigenvalue weighted by molar-refractivity contribution is -0.123. The van der Waals surface area contributed by atoms with E-state index in [1.807, 2.05) is 6.92 Å².